The molecule has 0 saturated carbocycles. The molecule has 0 aliphatic heterocycles. The maximum Gasteiger partial charge on any atom is 0.269 e. The van der Waals surface area contributed by atoms with Crippen molar-refractivity contribution in [1.29, 1.82) is 0 Å². The molecule has 0 bridgehead atoms. The average Bonchev–Trinajstić information content (AvgIpc) is 2.78. The smallest absolute Gasteiger partial charge is 0.269 e. The standard InChI is InChI=1S/C14H15BrN4O2/c1-9-7-12(19(2)18-9)14(21)16-8-13(20)17-11-5-3-10(15)4-6-11/h3-7H,8H2,1-2H3,(H,16,21)(H,17,20). The molecule has 1 aromatic heterocycles. The zero-order valence-electron chi connectivity index (χ0n) is 11.7. The summed E-state index contributed by atoms with van der Waals surface area (Å²) < 4.78 is 2.41. The van der Waals surface area contributed by atoms with Crippen molar-refractivity contribution in [3.05, 3.63) is 46.2 Å². The van der Waals surface area contributed by atoms with Crippen LogP contribution in [-0.4, -0.2) is 28.1 Å². The molecule has 0 saturated heterocycles. The van der Waals surface area contributed by atoms with Crippen LogP contribution in [0.3, 0.4) is 0 Å². The predicted octanol–water partition coefficient (Wildman–Crippen LogP) is 1.86. The molecule has 0 aliphatic carbocycles. The van der Waals surface area contributed by atoms with Gasteiger partial charge in [0.2, 0.25) is 5.91 Å². The van der Waals surface area contributed by atoms with E-state index in [1.165, 1.54) is 4.68 Å². The Morgan fingerprint density at radius 1 is 1.29 bits per heavy atom. The number of halogens is 1. The summed E-state index contributed by atoms with van der Waals surface area (Å²) in [7, 11) is 1.68. The molecule has 21 heavy (non-hydrogen) atoms. The molecule has 0 aliphatic rings. The first kappa shape index (κ1) is 15.2. The van der Waals surface area contributed by atoms with E-state index < -0.39 is 0 Å². The topological polar surface area (TPSA) is 76.0 Å². The molecule has 0 radical (unpaired) electrons. The Morgan fingerprint density at radius 2 is 1.95 bits per heavy atom. The lowest BCUT2D eigenvalue weighted by molar-refractivity contribution is -0.115. The van der Waals surface area contributed by atoms with E-state index in [1.54, 1.807) is 32.2 Å². The summed E-state index contributed by atoms with van der Waals surface area (Å²) in [5.41, 5.74) is 1.85. The number of aromatic nitrogens is 2. The largest absolute Gasteiger partial charge is 0.342 e. The maximum absolute atomic E-state index is 11.9. The van der Waals surface area contributed by atoms with Crippen molar-refractivity contribution in [3.63, 3.8) is 0 Å². The van der Waals surface area contributed by atoms with Crippen molar-refractivity contribution in [2.75, 3.05) is 11.9 Å². The van der Waals surface area contributed by atoms with E-state index in [0.717, 1.165) is 10.2 Å². The van der Waals surface area contributed by atoms with Crippen LogP contribution in [0.15, 0.2) is 34.8 Å². The number of aryl methyl sites for hydroxylation is 2. The molecule has 0 unspecified atom stereocenters. The van der Waals surface area contributed by atoms with Crippen LogP contribution in [0.2, 0.25) is 0 Å². The first-order valence-electron chi connectivity index (χ1n) is 6.30. The number of nitrogens with one attached hydrogen (secondary N) is 2. The Bertz CT molecular complexity index is 664. The van der Waals surface area contributed by atoms with Gasteiger partial charge in [-0.05, 0) is 37.3 Å². The number of carbonyl (C=O) groups excluding carboxylic acids is 2. The van der Waals surface area contributed by atoms with E-state index in [-0.39, 0.29) is 18.4 Å². The summed E-state index contributed by atoms with van der Waals surface area (Å²) in [6.45, 7) is 1.70. The average molecular weight is 351 g/mol. The van der Waals surface area contributed by atoms with Crippen molar-refractivity contribution < 1.29 is 9.59 Å². The number of hydrogen-bond acceptors (Lipinski definition) is 3. The maximum atomic E-state index is 11.9. The minimum Gasteiger partial charge on any atom is -0.342 e. The van der Waals surface area contributed by atoms with Crippen LogP contribution in [0.5, 0.6) is 0 Å². The van der Waals surface area contributed by atoms with Gasteiger partial charge in [-0.1, -0.05) is 15.9 Å². The molecule has 1 heterocycles. The minimum atomic E-state index is -0.330. The Kier molecular flexibility index (Phi) is 4.74. The van der Waals surface area contributed by atoms with Gasteiger partial charge in [0.25, 0.3) is 5.91 Å². The highest BCUT2D eigenvalue weighted by Gasteiger charge is 2.12. The monoisotopic (exact) mass is 350 g/mol. The van der Waals surface area contributed by atoms with Gasteiger partial charge in [-0.3, -0.25) is 14.3 Å². The fraction of sp³-hybridized carbons (Fsp3) is 0.214. The fourth-order valence-corrected chi connectivity index (χ4v) is 2.08. The van der Waals surface area contributed by atoms with Crippen LogP contribution in [0, 0.1) is 6.92 Å². The molecule has 2 rings (SSSR count). The van der Waals surface area contributed by atoms with Crippen LogP contribution in [0.25, 0.3) is 0 Å². The van der Waals surface area contributed by atoms with Crippen LogP contribution in [0.4, 0.5) is 5.69 Å². The van der Waals surface area contributed by atoms with Crippen LogP contribution in [0.1, 0.15) is 16.2 Å². The second-order valence-corrected chi connectivity index (χ2v) is 5.45. The van der Waals surface area contributed by atoms with Crippen molar-refractivity contribution in [3.8, 4) is 0 Å². The number of anilines is 1. The quantitative estimate of drug-likeness (QED) is 0.883. The van der Waals surface area contributed by atoms with Crippen LogP contribution in [-0.2, 0) is 11.8 Å². The molecule has 7 heteroatoms. The number of nitrogens with zero attached hydrogens (tertiary/aromatic N) is 2. The molecular formula is C14H15BrN4O2. The van der Waals surface area contributed by atoms with Gasteiger partial charge in [0.1, 0.15) is 5.69 Å². The molecule has 2 N–H and O–H groups in total. The van der Waals surface area contributed by atoms with Crippen LogP contribution < -0.4 is 10.6 Å². The summed E-state index contributed by atoms with van der Waals surface area (Å²) >= 11 is 3.32. The summed E-state index contributed by atoms with van der Waals surface area (Å²) in [5, 5.41) is 9.35. The molecule has 0 spiro atoms. The number of carbonyl (C=O) groups is 2. The van der Waals surface area contributed by atoms with Crippen molar-refractivity contribution >= 4 is 33.4 Å². The Balaban J connectivity index is 1.88. The second-order valence-electron chi connectivity index (χ2n) is 4.53. The van der Waals surface area contributed by atoms with Gasteiger partial charge in [-0.2, -0.15) is 5.10 Å². The number of benzene rings is 1. The van der Waals surface area contributed by atoms with E-state index in [2.05, 4.69) is 31.7 Å². The molecule has 0 atom stereocenters. The first-order valence-corrected chi connectivity index (χ1v) is 7.09. The van der Waals surface area contributed by atoms with Gasteiger partial charge in [-0.25, -0.2) is 0 Å². The highest BCUT2D eigenvalue weighted by atomic mass is 79.9. The summed E-state index contributed by atoms with van der Waals surface area (Å²) in [6.07, 6.45) is 0. The molecule has 6 nitrogen and oxygen atoms in total. The fourth-order valence-electron chi connectivity index (χ4n) is 1.81. The number of hydrogen-bond donors (Lipinski definition) is 2. The van der Waals surface area contributed by atoms with Crippen LogP contribution >= 0.6 is 15.9 Å². The van der Waals surface area contributed by atoms with Crippen molar-refractivity contribution in [1.82, 2.24) is 15.1 Å². The van der Waals surface area contributed by atoms with Gasteiger partial charge in [0.05, 0.1) is 12.2 Å². The van der Waals surface area contributed by atoms with E-state index in [9.17, 15) is 9.59 Å². The SMILES string of the molecule is Cc1cc(C(=O)NCC(=O)Nc2ccc(Br)cc2)n(C)n1. The van der Waals surface area contributed by atoms with E-state index in [4.69, 9.17) is 0 Å². The molecule has 1 aromatic carbocycles. The third-order valence-corrected chi connectivity index (χ3v) is 3.30. The van der Waals surface area contributed by atoms with E-state index in [1.807, 2.05) is 12.1 Å². The Hall–Kier alpha value is -2.15. The zero-order valence-corrected chi connectivity index (χ0v) is 13.3. The minimum absolute atomic E-state index is 0.0981. The lowest BCUT2D eigenvalue weighted by Crippen LogP contribution is -2.33. The highest BCUT2D eigenvalue weighted by Crippen LogP contribution is 2.13. The highest BCUT2D eigenvalue weighted by molar-refractivity contribution is 9.10. The van der Waals surface area contributed by atoms with Gasteiger partial charge in [-0.15, -0.1) is 0 Å². The number of amides is 2. The Morgan fingerprint density at radius 3 is 2.52 bits per heavy atom. The summed E-state index contributed by atoms with van der Waals surface area (Å²) in [6, 6.07) is 8.86. The second kappa shape index (κ2) is 6.53. The summed E-state index contributed by atoms with van der Waals surface area (Å²) in [5.74, 6) is -0.617. The molecular weight excluding hydrogens is 336 g/mol. The molecule has 2 amide bonds. The Labute approximate surface area is 130 Å². The third kappa shape index (κ3) is 4.16. The lowest BCUT2D eigenvalue weighted by Gasteiger charge is -2.07. The molecule has 110 valence electrons. The first-order chi connectivity index (χ1) is 9.95. The third-order valence-electron chi connectivity index (χ3n) is 2.77. The number of rotatable bonds is 4. The predicted molar refractivity (Wildman–Crippen MR) is 83.0 cm³/mol. The molecule has 0 fully saturated rings. The van der Waals surface area contributed by atoms with Gasteiger partial charge < -0.3 is 10.6 Å². The van der Waals surface area contributed by atoms with Crippen molar-refractivity contribution in [2.24, 2.45) is 7.05 Å². The molecule has 2 aromatic rings. The van der Waals surface area contributed by atoms with E-state index >= 15 is 0 Å². The zero-order chi connectivity index (χ0) is 15.4. The lowest BCUT2D eigenvalue weighted by atomic mass is 10.3. The summed E-state index contributed by atoms with van der Waals surface area (Å²) in [4.78, 5) is 23.7. The van der Waals surface area contributed by atoms with E-state index in [0.29, 0.717) is 11.4 Å². The van der Waals surface area contributed by atoms with Crippen molar-refractivity contribution in [2.45, 2.75) is 6.92 Å². The van der Waals surface area contributed by atoms with Gasteiger partial charge in [0, 0.05) is 17.2 Å². The normalized spacial score (nSPS) is 10.2. The van der Waals surface area contributed by atoms with Gasteiger partial charge >= 0.3 is 0 Å². The van der Waals surface area contributed by atoms with Gasteiger partial charge in [0.15, 0.2) is 0 Å².